The minimum Gasteiger partial charge on any atom is -0.488 e. The first kappa shape index (κ1) is 13.5. The normalized spacial score (nSPS) is 18.6. The van der Waals surface area contributed by atoms with Gasteiger partial charge < -0.3 is 9.47 Å². The summed E-state index contributed by atoms with van der Waals surface area (Å²) in [5, 5.41) is 1.92. The van der Waals surface area contributed by atoms with Crippen LogP contribution in [-0.2, 0) is 11.3 Å². The highest BCUT2D eigenvalue weighted by molar-refractivity contribution is 7.12. The highest BCUT2D eigenvalue weighted by Gasteiger charge is 2.29. The van der Waals surface area contributed by atoms with Gasteiger partial charge in [-0.25, -0.2) is 4.99 Å². The number of ether oxygens (including phenoxy) is 2. The smallest absolute Gasteiger partial charge is 0.216 e. The highest BCUT2D eigenvalue weighted by atomic mass is 32.1. The van der Waals surface area contributed by atoms with Gasteiger partial charge in [0.15, 0.2) is 0 Å². The van der Waals surface area contributed by atoms with E-state index >= 15 is 0 Å². The molecule has 112 valence electrons. The van der Waals surface area contributed by atoms with Crippen LogP contribution in [0.5, 0.6) is 5.75 Å². The van der Waals surface area contributed by atoms with E-state index in [2.05, 4.69) is 4.99 Å². The molecule has 0 unspecified atom stereocenters. The first-order chi connectivity index (χ1) is 10.5. The number of hydrogen-bond acceptors (Lipinski definition) is 5. The Morgan fingerprint density at radius 3 is 2.86 bits per heavy atom. The number of rotatable bonds is 1. The van der Waals surface area contributed by atoms with Gasteiger partial charge in [-0.05, 0) is 43.5 Å². The molecule has 4 rings (SSSR count). The molecule has 5 heteroatoms. The molecule has 0 fully saturated rings. The van der Waals surface area contributed by atoms with E-state index in [1.807, 2.05) is 43.5 Å². The summed E-state index contributed by atoms with van der Waals surface area (Å²) in [6.45, 7) is 5.03. The molecule has 1 aromatic heterocycles. The van der Waals surface area contributed by atoms with Crippen molar-refractivity contribution in [2.24, 2.45) is 4.99 Å². The lowest BCUT2D eigenvalue weighted by atomic mass is 10.0. The molecule has 0 atom stereocenters. The molecule has 1 aromatic carbocycles. The Hall–Kier alpha value is -2.14. The van der Waals surface area contributed by atoms with Gasteiger partial charge in [0, 0.05) is 11.1 Å². The van der Waals surface area contributed by atoms with E-state index in [1.165, 1.54) is 11.3 Å². The van der Waals surface area contributed by atoms with Gasteiger partial charge in [-0.2, -0.15) is 0 Å². The first-order valence-electron chi connectivity index (χ1n) is 7.14. The summed E-state index contributed by atoms with van der Waals surface area (Å²) >= 11 is 1.46. The van der Waals surface area contributed by atoms with Crippen LogP contribution in [0.15, 0.2) is 34.6 Å². The van der Waals surface area contributed by atoms with Crippen molar-refractivity contribution >= 4 is 23.0 Å². The van der Waals surface area contributed by atoms with Crippen LogP contribution in [0.2, 0.25) is 0 Å². The molecule has 4 nitrogen and oxygen atoms in total. The fourth-order valence-electron chi connectivity index (χ4n) is 2.63. The zero-order chi connectivity index (χ0) is 15.3. The summed E-state index contributed by atoms with van der Waals surface area (Å²) in [5.41, 5.74) is 2.13. The van der Waals surface area contributed by atoms with E-state index in [9.17, 15) is 4.79 Å². The van der Waals surface area contributed by atoms with Crippen molar-refractivity contribution in [3.05, 3.63) is 51.2 Å². The third-order valence-electron chi connectivity index (χ3n) is 3.77. The van der Waals surface area contributed by atoms with Crippen molar-refractivity contribution < 1.29 is 14.3 Å². The lowest BCUT2D eigenvalue weighted by Gasteiger charge is -2.08. The van der Waals surface area contributed by atoms with Crippen LogP contribution in [0.1, 0.15) is 40.2 Å². The topological polar surface area (TPSA) is 47.9 Å². The van der Waals surface area contributed by atoms with Gasteiger partial charge in [0.25, 0.3) is 0 Å². The highest BCUT2D eigenvalue weighted by Crippen LogP contribution is 2.32. The van der Waals surface area contributed by atoms with E-state index in [-0.39, 0.29) is 11.3 Å². The largest absolute Gasteiger partial charge is 0.488 e. The molecule has 22 heavy (non-hydrogen) atoms. The SMILES string of the molecule is CC1(C)COC(c2ccc3c(c2)C(=O)c2sccc2CO3)=N1. The number of nitrogens with zero attached hydrogens (tertiary/aromatic N) is 1. The summed E-state index contributed by atoms with van der Waals surface area (Å²) in [4.78, 5) is 18.1. The number of carbonyl (C=O) groups is 1. The zero-order valence-corrected chi connectivity index (χ0v) is 13.2. The molecular weight excluding hydrogens is 298 g/mol. The van der Waals surface area contributed by atoms with Crippen molar-refractivity contribution in [2.75, 3.05) is 6.61 Å². The minimum absolute atomic E-state index is 0.0113. The predicted molar refractivity (Wildman–Crippen MR) is 85.1 cm³/mol. The van der Waals surface area contributed by atoms with Gasteiger partial charge in [0.05, 0.1) is 16.0 Å². The molecule has 0 radical (unpaired) electrons. The Morgan fingerprint density at radius 2 is 2.09 bits per heavy atom. The third-order valence-corrected chi connectivity index (χ3v) is 4.73. The number of fused-ring (bicyclic) bond motifs is 2. The standard InChI is InChI=1S/C17H15NO3S/c1-17(2)9-21-16(18-17)10-3-4-13-12(7-10)14(19)15-11(8-20-13)5-6-22-15/h3-7H,8-9H2,1-2H3. The molecule has 0 bridgehead atoms. The molecule has 2 aromatic rings. The van der Waals surface area contributed by atoms with Crippen LogP contribution in [-0.4, -0.2) is 23.8 Å². The number of carbonyl (C=O) groups excluding carboxylic acids is 1. The van der Waals surface area contributed by atoms with Gasteiger partial charge in [-0.1, -0.05) is 0 Å². The number of ketones is 1. The van der Waals surface area contributed by atoms with Crippen molar-refractivity contribution in [1.82, 2.24) is 0 Å². The quantitative estimate of drug-likeness (QED) is 0.810. The van der Waals surface area contributed by atoms with Crippen LogP contribution >= 0.6 is 11.3 Å². The number of hydrogen-bond donors (Lipinski definition) is 0. The van der Waals surface area contributed by atoms with Gasteiger partial charge in [0.1, 0.15) is 19.0 Å². The average Bonchev–Trinajstić information content (AvgIpc) is 3.07. The molecule has 0 saturated carbocycles. The third kappa shape index (κ3) is 2.13. The van der Waals surface area contributed by atoms with E-state index in [1.54, 1.807) is 0 Å². The number of thiophene rings is 1. The molecular formula is C17H15NO3S. The maximum Gasteiger partial charge on any atom is 0.216 e. The second kappa shape index (κ2) is 4.68. The van der Waals surface area contributed by atoms with Gasteiger partial charge in [0.2, 0.25) is 11.7 Å². The van der Waals surface area contributed by atoms with Crippen molar-refractivity contribution in [1.29, 1.82) is 0 Å². The predicted octanol–water partition coefficient (Wildman–Crippen LogP) is 3.43. The number of benzene rings is 1. The fraction of sp³-hybridized carbons (Fsp3) is 0.294. The van der Waals surface area contributed by atoms with E-state index in [4.69, 9.17) is 9.47 Å². The molecule has 0 aliphatic carbocycles. The van der Waals surface area contributed by atoms with E-state index in [0.29, 0.717) is 30.4 Å². The maximum atomic E-state index is 12.7. The van der Waals surface area contributed by atoms with Crippen molar-refractivity contribution in [3.8, 4) is 5.75 Å². The molecule has 3 heterocycles. The summed E-state index contributed by atoms with van der Waals surface area (Å²) in [7, 11) is 0. The van der Waals surface area contributed by atoms with E-state index in [0.717, 1.165) is 16.0 Å². The summed E-state index contributed by atoms with van der Waals surface area (Å²) in [6.07, 6.45) is 0. The van der Waals surface area contributed by atoms with Gasteiger partial charge >= 0.3 is 0 Å². The molecule has 2 aliphatic rings. The van der Waals surface area contributed by atoms with E-state index < -0.39 is 0 Å². The second-order valence-electron chi connectivity index (χ2n) is 6.12. The zero-order valence-electron chi connectivity index (χ0n) is 12.4. The van der Waals surface area contributed by atoms with Crippen LogP contribution in [0, 0.1) is 0 Å². The van der Waals surface area contributed by atoms with Crippen LogP contribution in [0.3, 0.4) is 0 Å². The van der Waals surface area contributed by atoms with Crippen molar-refractivity contribution in [3.63, 3.8) is 0 Å². The molecule has 2 aliphatic heterocycles. The Bertz CT molecular complexity index is 804. The van der Waals surface area contributed by atoms with Gasteiger partial charge in [-0.3, -0.25) is 4.79 Å². The average molecular weight is 313 g/mol. The Kier molecular flexibility index (Phi) is 2.87. The summed E-state index contributed by atoms with van der Waals surface area (Å²) in [5.74, 6) is 1.23. The molecule has 0 spiro atoms. The van der Waals surface area contributed by atoms with Gasteiger partial charge in [-0.15, -0.1) is 11.3 Å². The Labute approximate surface area is 132 Å². The summed E-state index contributed by atoms with van der Waals surface area (Å²) < 4.78 is 11.4. The lowest BCUT2D eigenvalue weighted by Crippen LogP contribution is -2.17. The first-order valence-corrected chi connectivity index (χ1v) is 8.02. The molecule has 0 amide bonds. The van der Waals surface area contributed by atoms with Crippen LogP contribution in [0.4, 0.5) is 0 Å². The molecule has 0 saturated heterocycles. The Morgan fingerprint density at radius 1 is 1.23 bits per heavy atom. The minimum atomic E-state index is -0.219. The molecule has 0 N–H and O–H groups in total. The Balaban J connectivity index is 1.79. The number of aliphatic imine (C=N–C) groups is 1. The monoisotopic (exact) mass is 313 g/mol. The lowest BCUT2D eigenvalue weighted by molar-refractivity contribution is 0.104. The van der Waals surface area contributed by atoms with Crippen LogP contribution in [0.25, 0.3) is 0 Å². The van der Waals surface area contributed by atoms with Crippen LogP contribution < -0.4 is 4.74 Å². The van der Waals surface area contributed by atoms with Crippen molar-refractivity contribution in [2.45, 2.75) is 26.0 Å². The fourth-order valence-corrected chi connectivity index (χ4v) is 3.49. The summed E-state index contributed by atoms with van der Waals surface area (Å²) in [6, 6.07) is 7.49. The second-order valence-corrected chi connectivity index (χ2v) is 7.04. The maximum absolute atomic E-state index is 12.7.